The van der Waals surface area contributed by atoms with Crippen molar-refractivity contribution in [2.75, 3.05) is 26.1 Å². The van der Waals surface area contributed by atoms with Crippen LogP contribution in [-0.4, -0.2) is 51.4 Å². The van der Waals surface area contributed by atoms with Crippen molar-refractivity contribution < 1.29 is 42.5 Å². The number of aryl methyl sites for hydroxylation is 1. The van der Waals surface area contributed by atoms with Crippen LogP contribution in [0.2, 0.25) is 0 Å². The number of nitrogens with zero attached hydrogens (tertiary/aromatic N) is 1. The van der Waals surface area contributed by atoms with Crippen molar-refractivity contribution in [2.24, 2.45) is 5.73 Å². The van der Waals surface area contributed by atoms with Gasteiger partial charge in [-0.3, -0.25) is 4.98 Å². The van der Waals surface area contributed by atoms with Crippen LogP contribution in [-0.2, 0) is 13.4 Å². The van der Waals surface area contributed by atoms with Gasteiger partial charge in [0.2, 0.25) is 0 Å². The van der Waals surface area contributed by atoms with Crippen molar-refractivity contribution in [3.8, 4) is 11.5 Å². The van der Waals surface area contributed by atoms with Gasteiger partial charge in [-0.1, -0.05) is 0 Å². The molecule has 1 atom stereocenters. The molecule has 2 aromatic rings. The highest BCUT2D eigenvalue weighted by Crippen LogP contribution is 2.53. The summed E-state index contributed by atoms with van der Waals surface area (Å²) in [5, 5.41) is 4.50. The van der Waals surface area contributed by atoms with Gasteiger partial charge in [-0.25, -0.2) is 9.13 Å². The molecule has 176 valence electrons. The van der Waals surface area contributed by atoms with E-state index in [9.17, 15) is 9.13 Å². The number of hydrogen-bond acceptors (Lipinski definition) is 8. The molecule has 31 heavy (non-hydrogen) atoms. The first-order chi connectivity index (χ1) is 14.3. The van der Waals surface area contributed by atoms with Gasteiger partial charge < -0.3 is 40.1 Å². The van der Waals surface area contributed by atoms with Crippen LogP contribution < -0.4 is 20.5 Å². The van der Waals surface area contributed by atoms with Gasteiger partial charge in [-0.05, 0) is 44.9 Å². The minimum Gasteiger partial charge on any atom is -0.493 e. The van der Waals surface area contributed by atoms with Crippen LogP contribution in [0.5, 0.6) is 11.5 Å². The van der Waals surface area contributed by atoms with Crippen LogP contribution >= 0.6 is 15.6 Å². The van der Waals surface area contributed by atoms with E-state index in [-0.39, 0.29) is 0 Å². The first-order valence-corrected chi connectivity index (χ1v) is 12.2. The van der Waals surface area contributed by atoms with Crippen LogP contribution in [0.25, 0.3) is 10.9 Å². The standard InChI is InChI=1S/C17H25N3O2.H4O7P2/c1-11-7-9-19-16-13(20-12(2)6-5-8-18)10-14(21-3)17(22-4)15(11)16;1-8(2,3)7-9(4,5)6/h7,9-10,12,20H,5-6,8,18H2,1-4H3;(H2,1,2,3)(H2,4,5,6). The zero-order chi connectivity index (χ0) is 23.8. The highest BCUT2D eigenvalue weighted by molar-refractivity contribution is 7.60. The van der Waals surface area contributed by atoms with Crippen molar-refractivity contribution in [1.29, 1.82) is 0 Å². The molecule has 1 aromatic heterocycles. The molecule has 0 bridgehead atoms. The van der Waals surface area contributed by atoms with Crippen molar-refractivity contribution in [3.63, 3.8) is 0 Å². The number of pyridine rings is 1. The Morgan fingerprint density at radius 2 is 1.77 bits per heavy atom. The number of methoxy groups -OCH3 is 2. The number of anilines is 1. The Morgan fingerprint density at radius 1 is 1.16 bits per heavy atom. The number of hydrogen-bond donors (Lipinski definition) is 6. The third-order valence-electron chi connectivity index (χ3n) is 4.02. The predicted molar refractivity (Wildman–Crippen MR) is 116 cm³/mol. The predicted octanol–water partition coefficient (Wildman–Crippen LogP) is 2.29. The smallest absolute Gasteiger partial charge is 0.478 e. The molecule has 0 spiro atoms. The maximum atomic E-state index is 9.63. The molecule has 0 saturated carbocycles. The summed E-state index contributed by atoms with van der Waals surface area (Å²) in [7, 11) is -6.80. The van der Waals surface area contributed by atoms with E-state index in [1.165, 1.54) is 0 Å². The average molecular weight is 481 g/mol. The summed E-state index contributed by atoms with van der Waals surface area (Å²) in [6.45, 7) is 4.90. The zero-order valence-electron chi connectivity index (χ0n) is 17.7. The Morgan fingerprint density at radius 3 is 2.23 bits per heavy atom. The fourth-order valence-corrected chi connectivity index (χ4v) is 3.91. The molecule has 14 heteroatoms. The zero-order valence-corrected chi connectivity index (χ0v) is 19.5. The van der Waals surface area contributed by atoms with Gasteiger partial charge in [0.1, 0.15) is 0 Å². The van der Waals surface area contributed by atoms with Crippen LogP contribution in [0.3, 0.4) is 0 Å². The number of nitrogens with two attached hydrogens (primary N) is 1. The number of fused-ring (bicyclic) bond motifs is 1. The summed E-state index contributed by atoms with van der Waals surface area (Å²) in [5.41, 5.74) is 8.56. The van der Waals surface area contributed by atoms with Gasteiger partial charge in [0.05, 0.1) is 30.8 Å². The molecule has 0 saturated heterocycles. The van der Waals surface area contributed by atoms with Gasteiger partial charge in [0, 0.05) is 18.3 Å². The molecule has 1 unspecified atom stereocenters. The Bertz CT molecular complexity index is 942. The Hall–Kier alpha value is -1.75. The Balaban J connectivity index is 0.000000452. The van der Waals surface area contributed by atoms with Crippen molar-refractivity contribution in [1.82, 2.24) is 4.98 Å². The SMILES string of the molecule is COc1cc(NC(C)CCCN)c2nccc(C)c2c1OC.O=P(O)(O)OP(=O)(O)O. The molecule has 1 aromatic carbocycles. The molecular formula is C17H29N3O9P2. The van der Waals surface area contributed by atoms with Crippen LogP contribution in [0.1, 0.15) is 25.3 Å². The summed E-state index contributed by atoms with van der Waals surface area (Å²) >= 11 is 0. The number of phosphoric acid groups is 2. The molecule has 0 amide bonds. The van der Waals surface area contributed by atoms with Gasteiger partial charge >= 0.3 is 15.6 Å². The molecule has 0 fully saturated rings. The van der Waals surface area contributed by atoms with E-state index in [4.69, 9.17) is 34.8 Å². The van der Waals surface area contributed by atoms with E-state index in [1.807, 2.05) is 25.3 Å². The van der Waals surface area contributed by atoms with E-state index >= 15 is 0 Å². The maximum Gasteiger partial charge on any atom is 0.478 e. The Labute approximate surface area is 180 Å². The lowest BCUT2D eigenvalue weighted by molar-refractivity contribution is 0.225. The third-order valence-corrected chi connectivity index (χ3v) is 5.72. The highest BCUT2D eigenvalue weighted by Gasteiger charge is 2.28. The van der Waals surface area contributed by atoms with E-state index in [2.05, 4.69) is 21.5 Å². The van der Waals surface area contributed by atoms with Crippen LogP contribution in [0.15, 0.2) is 18.3 Å². The second-order valence-electron chi connectivity index (χ2n) is 6.55. The molecule has 12 nitrogen and oxygen atoms in total. The normalized spacial score (nSPS) is 12.7. The van der Waals surface area contributed by atoms with Crippen molar-refractivity contribution in [3.05, 3.63) is 23.9 Å². The van der Waals surface area contributed by atoms with Crippen molar-refractivity contribution in [2.45, 2.75) is 32.7 Å². The number of benzene rings is 1. The summed E-state index contributed by atoms with van der Waals surface area (Å²) in [4.78, 5) is 35.5. The molecule has 1 heterocycles. The van der Waals surface area contributed by atoms with E-state index < -0.39 is 15.6 Å². The number of rotatable bonds is 9. The summed E-state index contributed by atoms with van der Waals surface area (Å²) in [6.07, 6.45) is 3.82. The number of ether oxygens (including phenoxy) is 2. The molecule has 7 N–H and O–H groups in total. The lowest BCUT2D eigenvalue weighted by Gasteiger charge is -2.19. The second kappa shape index (κ2) is 11.8. The first kappa shape index (κ1) is 27.3. The first-order valence-electron chi connectivity index (χ1n) is 9.12. The quantitative estimate of drug-likeness (QED) is 0.287. The maximum absolute atomic E-state index is 9.63. The largest absolute Gasteiger partial charge is 0.493 e. The minimum atomic E-state index is -5.05. The summed E-state index contributed by atoms with van der Waals surface area (Å²) < 4.78 is 33.2. The van der Waals surface area contributed by atoms with Gasteiger partial charge in [-0.2, -0.15) is 4.31 Å². The fourth-order valence-electron chi connectivity index (χ4n) is 2.80. The molecule has 0 aliphatic heterocycles. The number of aromatic nitrogens is 1. The number of nitrogens with one attached hydrogen (secondary N) is 1. The van der Waals surface area contributed by atoms with Crippen LogP contribution in [0.4, 0.5) is 5.69 Å². The van der Waals surface area contributed by atoms with E-state index in [0.29, 0.717) is 18.3 Å². The van der Waals surface area contributed by atoms with Crippen molar-refractivity contribution >= 4 is 32.2 Å². The lowest BCUT2D eigenvalue weighted by Crippen LogP contribution is -2.17. The second-order valence-corrected chi connectivity index (χ2v) is 9.17. The molecule has 0 aliphatic rings. The monoisotopic (exact) mass is 481 g/mol. The van der Waals surface area contributed by atoms with Crippen LogP contribution in [0, 0.1) is 6.92 Å². The fraction of sp³-hybridized carbons (Fsp3) is 0.471. The van der Waals surface area contributed by atoms with Gasteiger partial charge in [0.25, 0.3) is 0 Å². The highest BCUT2D eigenvalue weighted by atomic mass is 31.3. The van der Waals surface area contributed by atoms with E-state index in [0.717, 1.165) is 40.7 Å². The average Bonchev–Trinajstić information content (AvgIpc) is 2.64. The minimum absolute atomic E-state index is 0.312. The molecule has 0 radical (unpaired) electrons. The topological polar surface area (TPSA) is 194 Å². The van der Waals surface area contributed by atoms with Gasteiger partial charge in [-0.15, -0.1) is 0 Å². The summed E-state index contributed by atoms with van der Waals surface area (Å²) in [6, 6.07) is 4.24. The molecule has 0 aliphatic carbocycles. The third kappa shape index (κ3) is 9.10. The lowest BCUT2D eigenvalue weighted by atomic mass is 10.1. The molecule has 2 rings (SSSR count). The van der Waals surface area contributed by atoms with E-state index in [1.54, 1.807) is 14.2 Å². The molecular weight excluding hydrogens is 452 g/mol. The van der Waals surface area contributed by atoms with Gasteiger partial charge in [0.15, 0.2) is 11.5 Å². The summed E-state index contributed by atoms with van der Waals surface area (Å²) in [5.74, 6) is 1.43. The Kier molecular flexibility index (Phi) is 10.3.